The highest BCUT2D eigenvalue weighted by atomic mass is 32.2. The average molecular weight is 258 g/mol. The lowest BCUT2D eigenvalue weighted by Crippen LogP contribution is -2.46. The van der Waals surface area contributed by atoms with Gasteiger partial charge in [-0.1, -0.05) is 27.7 Å². The van der Waals surface area contributed by atoms with Gasteiger partial charge in [0.1, 0.15) is 0 Å². The highest BCUT2D eigenvalue weighted by molar-refractivity contribution is 7.99. The molecule has 1 fully saturated rings. The third-order valence-corrected chi connectivity index (χ3v) is 4.82. The molecular formula is C14H30N2S. The first kappa shape index (κ1) is 15.3. The van der Waals surface area contributed by atoms with Gasteiger partial charge in [-0.15, -0.1) is 0 Å². The van der Waals surface area contributed by atoms with Crippen LogP contribution in [0.4, 0.5) is 0 Å². The standard InChI is InChI=1S/C14H30N2S/c1-12(17-5)7-10-16-9-6-8-15-13(11-16)14(2,3)4/h12-13,15H,6-11H2,1-5H3. The molecule has 1 rings (SSSR count). The fourth-order valence-electron chi connectivity index (χ4n) is 2.26. The first-order valence-corrected chi connectivity index (χ1v) is 8.21. The van der Waals surface area contributed by atoms with Gasteiger partial charge in [-0.2, -0.15) is 11.8 Å². The van der Waals surface area contributed by atoms with Crippen molar-refractivity contribution in [1.29, 1.82) is 0 Å². The van der Waals surface area contributed by atoms with Crippen LogP contribution >= 0.6 is 11.8 Å². The van der Waals surface area contributed by atoms with Crippen molar-refractivity contribution in [3.8, 4) is 0 Å². The van der Waals surface area contributed by atoms with Crippen LogP contribution in [-0.2, 0) is 0 Å². The predicted molar refractivity (Wildman–Crippen MR) is 79.9 cm³/mol. The molecule has 2 atom stereocenters. The maximum atomic E-state index is 3.71. The quantitative estimate of drug-likeness (QED) is 0.835. The molecule has 2 unspecified atom stereocenters. The molecule has 0 amide bonds. The summed E-state index contributed by atoms with van der Waals surface area (Å²) in [5.41, 5.74) is 0.369. The van der Waals surface area contributed by atoms with Crippen LogP contribution in [-0.4, -0.2) is 48.6 Å². The number of thioether (sulfide) groups is 1. The van der Waals surface area contributed by atoms with Crippen molar-refractivity contribution in [1.82, 2.24) is 10.2 Å². The van der Waals surface area contributed by atoms with E-state index in [9.17, 15) is 0 Å². The Balaban J connectivity index is 2.43. The van der Waals surface area contributed by atoms with E-state index in [0.717, 1.165) is 5.25 Å². The summed E-state index contributed by atoms with van der Waals surface area (Å²) < 4.78 is 0. The van der Waals surface area contributed by atoms with E-state index in [4.69, 9.17) is 0 Å². The second kappa shape index (κ2) is 7.01. The van der Waals surface area contributed by atoms with Gasteiger partial charge in [0.15, 0.2) is 0 Å². The van der Waals surface area contributed by atoms with E-state index in [0.29, 0.717) is 11.5 Å². The third kappa shape index (κ3) is 5.62. The Morgan fingerprint density at radius 3 is 2.71 bits per heavy atom. The van der Waals surface area contributed by atoms with Gasteiger partial charge in [0.2, 0.25) is 0 Å². The molecule has 17 heavy (non-hydrogen) atoms. The summed E-state index contributed by atoms with van der Waals surface area (Å²) >= 11 is 1.98. The summed E-state index contributed by atoms with van der Waals surface area (Å²) in [5, 5.41) is 4.50. The maximum absolute atomic E-state index is 3.71. The molecule has 0 saturated carbocycles. The number of hydrogen-bond acceptors (Lipinski definition) is 3. The molecule has 0 aromatic carbocycles. The summed E-state index contributed by atoms with van der Waals surface area (Å²) in [6, 6.07) is 0.634. The summed E-state index contributed by atoms with van der Waals surface area (Å²) in [4.78, 5) is 2.66. The van der Waals surface area contributed by atoms with Crippen molar-refractivity contribution in [2.24, 2.45) is 5.41 Å². The molecule has 0 bridgehead atoms. The molecular weight excluding hydrogens is 228 g/mol. The van der Waals surface area contributed by atoms with E-state index in [-0.39, 0.29) is 0 Å². The molecule has 0 spiro atoms. The number of nitrogens with one attached hydrogen (secondary N) is 1. The SMILES string of the molecule is CSC(C)CCN1CCCNC(C(C)(C)C)C1. The van der Waals surface area contributed by atoms with Crippen molar-refractivity contribution in [3.05, 3.63) is 0 Å². The Kier molecular flexibility index (Phi) is 6.32. The first-order valence-electron chi connectivity index (χ1n) is 6.92. The summed E-state index contributed by atoms with van der Waals surface area (Å²) in [7, 11) is 0. The molecule has 1 heterocycles. The van der Waals surface area contributed by atoms with Crippen LogP contribution in [0.3, 0.4) is 0 Å². The van der Waals surface area contributed by atoms with E-state index < -0.39 is 0 Å². The van der Waals surface area contributed by atoms with Crippen LogP contribution in [0, 0.1) is 5.41 Å². The number of nitrogens with zero attached hydrogens (tertiary/aromatic N) is 1. The Bertz CT molecular complexity index is 213. The summed E-state index contributed by atoms with van der Waals surface area (Å²) in [6.07, 6.45) is 4.82. The van der Waals surface area contributed by atoms with E-state index in [2.05, 4.69) is 44.2 Å². The fraction of sp³-hybridized carbons (Fsp3) is 1.00. The van der Waals surface area contributed by atoms with E-state index in [1.807, 2.05) is 11.8 Å². The van der Waals surface area contributed by atoms with Gasteiger partial charge in [0.25, 0.3) is 0 Å². The highest BCUT2D eigenvalue weighted by Crippen LogP contribution is 2.22. The van der Waals surface area contributed by atoms with Gasteiger partial charge < -0.3 is 10.2 Å². The molecule has 1 N–H and O–H groups in total. The highest BCUT2D eigenvalue weighted by Gasteiger charge is 2.27. The van der Waals surface area contributed by atoms with Gasteiger partial charge >= 0.3 is 0 Å². The van der Waals surface area contributed by atoms with Gasteiger partial charge in [0.05, 0.1) is 0 Å². The Labute approximate surface area is 112 Å². The van der Waals surface area contributed by atoms with Crippen molar-refractivity contribution in [2.75, 3.05) is 32.4 Å². The van der Waals surface area contributed by atoms with Crippen LogP contribution in [0.25, 0.3) is 0 Å². The summed E-state index contributed by atoms with van der Waals surface area (Å²) in [6.45, 7) is 14.3. The van der Waals surface area contributed by atoms with Crippen LogP contribution in [0.15, 0.2) is 0 Å². The topological polar surface area (TPSA) is 15.3 Å². The van der Waals surface area contributed by atoms with E-state index >= 15 is 0 Å². The number of rotatable bonds is 4. The van der Waals surface area contributed by atoms with Crippen LogP contribution < -0.4 is 5.32 Å². The lowest BCUT2D eigenvalue weighted by Gasteiger charge is -2.34. The van der Waals surface area contributed by atoms with E-state index in [1.165, 1.54) is 39.0 Å². The third-order valence-electron chi connectivity index (χ3n) is 3.78. The van der Waals surface area contributed by atoms with Crippen molar-refractivity contribution in [2.45, 2.75) is 51.8 Å². The molecule has 2 nitrogen and oxygen atoms in total. The minimum atomic E-state index is 0.369. The molecule has 3 heteroatoms. The minimum absolute atomic E-state index is 0.369. The molecule has 0 aliphatic carbocycles. The average Bonchev–Trinajstić information content (AvgIpc) is 2.50. The Morgan fingerprint density at radius 1 is 1.41 bits per heavy atom. The van der Waals surface area contributed by atoms with Crippen molar-refractivity contribution < 1.29 is 0 Å². The molecule has 0 aromatic rings. The second-order valence-corrected chi connectivity index (χ2v) is 7.64. The lowest BCUT2D eigenvalue weighted by molar-refractivity contribution is 0.196. The number of hydrogen-bond donors (Lipinski definition) is 1. The van der Waals surface area contributed by atoms with Gasteiger partial charge in [-0.05, 0) is 44.1 Å². The maximum Gasteiger partial charge on any atom is 0.0243 e. The molecule has 0 radical (unpaired) electrons. The first-order chi connectivity index (χ1) is 7.93. The van der Waals surface area contributed by atoms with Gasteiger partial charge in [-0.3, -0.25) is 0 Å². The predicted octanol–water partition coefficient (Wildman–Crippen LogP) is 2.84. The van der Waals surface area contributed by atoms with Crippen LogP contribution in [0.5, 0.6) is 0 Å². The largest absolute Gasteiger partial charge is 0.312 e. The zero-order chi connectivity index (χ0) is 12.9. The van der Waals surface area contributed by atoms with E-state index in [1.54, 1.807) is 0 Å². The zero-order valence-corrected chi connectivity index (χ0v) is 13.1. The second-order valence-electron chi connectivity index (χ2n) is 6.36. The zero-order valence-electron chi connectivity index (χ0n) is 12.3. The monoisotopic (exact) mass is 258 g/mol. The Morgan fingerprint density at radius 2 is 2.12 bits per heavy atom. The van der Waals surface area contributed by atoms with Crippen LogP contribution in [0.2, 0.25) is 0 Å². The van der Waals surface area contributed by atoms with Crippen molar-refractivity contribution >= 4 is 11.8 Å². The normalized spacial score (nSPS) is 25.6. The minimum Gasteiger partial charge on any atom is -0.312 e. The van der Waals surface area contributed by atoms with Crippen LogP contribution in [0.1, 0.15) is 40.5 Å². The van der Waals surface area contributed by atoms with Gasteiger partial charge in [-0.25, -0.2) is 0 Å². The Hall–Kier alpha value is 0.270. The molecule has 1 aliphatic rings. The fourth-order valence-corrected chi connectivity index (χ4v) is 2.60. The molecule has 0 aromatic heterocycles. The summed E-state index contributed by atoms with van der Waals surface area (Å²) in [5.74, 6) is 0. The smallest absolute Gasteiger partial charge is 0.0243 e. The van der Waals surface area contributed by atoms with Crippen molar-refractivity contribution in [3.63, 3.8) is 0 Å². The molecule has 1 saturated heterocycles. The molecule has 102 valence electrons. The lowest BCUT2D eigenvalue weighted by atomic mass is 9.86. The molecule has 1 aliphatic heterocycles. The van der Waals surface area contributed by atoms with Gasteiger partial charge in [0, 0.05) is 17.8 Å².